The molecule has 0 saturated heterocycles. The highest BCUT2D eigenvalue weighted by Crippen LogP contribution is 2.31. The predicted octanol–water partition coefficient (Wildman–Crippen LogP) is 5.21. The molecule has 4 aromatic rings. The maximum absolute atomic E-state index is 12.8. The van der Waals surface area contributed by atoms with Gasteiger partial charge in [0, 0.05) is 6.54 Å². The van der Waals surface area contributed by atoms with Crippen molar-refractivity contribution < 1.29 is 14.3 Å². The van der Waals surface area contributed by atoms with Crippen LogP contribution in [0.1, 0.15) is 33.4 Å². The zero-order valence-corrected chi connectivity index (χ0v) is 17.5. The molecule has 0 spiro atoms. The Morgan fingerprint density at radius 1 is 1.07 bits per heavy atom. The number of carbonyl (C=O) groups excluding carboxylic acids is 2. The van der Waals surface area contributed by atoms with E-state index in [4.69, 9.17) is 9.72 Å². The second kappa shape index (κ2) is 8.51. The molecule has 0 unspecified atom stereocenters. The number of fused-ring (bicyclic) bond motifs is 1. The Morgan fingerprint density at radius 2 is 1.83 bits per heavy atom. The van der Waals surface area contributed by atoms with Crippen molar-refractivity contribution in [2.24, 2.45) is 0 Å². The Kier molecular flexibility index (Phi) is 5.63. The van der Waals surface area contributed by atoms with Gasteiger partial charge < -0.3 is 14.6 Å². The van der Waals surface area contributed by atoms with Crippen LogP contribution in [0.25, 0.3) is 21.7 Å². The minimum Gasteiger partial charge on any atom is -0.465 e. The van der Waals surface area contributed by atoms with Gasteiger partial charge in [0.1, 0.15) is 0 Å². The van der Waals surface area contributed by atoms with Crippen molar-refractivity contribution in [2.45, 2.75) is 19.9 Å². The summed E-state index contributed by atoms with van der Waals surface area (Å²) in [4.78, 5) is 31.0. The Labute approximate surface area is 178 Å². The number of aromatic nitrogens is 2. The van der Waals surface area contributed by atoms with E-state index < -0.39 is 5.97 Å². The van der Waals surface area contributed by atoms with E-state index in [1.54, 1.807) is 30.3 Å². The zero-order chi connectivity index (χ0) is 21.1. The van der Waals surface area contributed by atoms with Gasteiger partial charge in [0.2, 0.25) is 0 Å². The monoisotopic (exact) mass is 419 g/mol. The number of carbonyl (C=O) groups is 2. The van der Waals surface area contributed by atoms with Crippen molar-refractivity contribution in [3.8, 4) is 10.7 Å². The number of aryl methyl sites for hydroxylation is 1. The molecule has 0 aliphatic heterocycles. The minimum atomic E-state index is -0.494. The van der Waals surface area contributed by atoms with Gasteiger partial charge in [0.25, 0.3) is 5.91 Å². The summed E-state index contributed by atoms with van der Waals surface area (Å²) in [6.07, 6.45) is 0.983. The van der Waals surface area contributed by atoms with Crippen LogP contribution in [0.3, 0.4) is 0 Å². The van der Waals surface area contributed by atoms with E-state index in [1.165, 1.54) is 18.4 Å². The normalized spacial score (nSPS) is 10.9. The van der Waals surface area contributed by atoms with Crippen molar-refractivity contribution in [3.63, 3.8) is 0 Å². The third kappa shape index (κ3) is 3.71. The fourth-order valence-corrected chi connectivity index (χ4v) is 4.26. The first-order valence-corrected chi connectivity index (χ1v) is 10.5. The van der Waals surface area contributed by atoms with Crippen LogP contribution in [0.2, 0.25) is 0 Å². The quantitative estimate of drug-likeness (QED) is 0.435. The van der Waals surface area contributed by atoms with E-state index in [0.717, 1.165) is 34.7 Å². The molecule has 0 aliphatic carbocycles. The largest absolute Gasteiger partial charge is 0.465 e. The molecule has 6 nitrogen and oxygen atoms in total. The lowest BCUT2D eigenvalue weighted by Gasteiger charge is -2.08. The number of hydrogen-bond acceptors (Lipinski definition) is 5. The highest BCUT2D eigenvalue weighted by Gasteiger charge is 2.18. The Bertz CT molecular complexity index is 1230. The number of nitrogens with one attached hydrogen (secondary N) is 1. The third-order valence-corrected chi connectivity index (χ3v) is 5.81. The smallest absolute Gasteiger partial charge is 0.339 e. The highest BCUT2D eigenvalue weighted by molar-refractivity contribution is 7.17. The van der Waals surface area contributed by atoms with Gasteiger partial charge in [-0.3, -0.25) is 4.79 Å². The van der Waals surface area contributed by atoms with E-state index in [0.29, 0.717) is 16.1 Å². The molecular weight excluding hydrogens is 398 g/mol. The van der Waals surface area contributed by atoms with Gasteiger partial charge in [-0.05, 0) is 42.8 Å². The molecule has 1 N–H and O–H groups in total. The molecule has 4 rings (SSSR count). The number of amides is 1. The van der Waals surface area contributed by atoms with Gasteiger partial charge in [-0.2, -0.15) is 0 Å². The highest BCUT2D eigenvalue weighted by atomic mass is 32.1. The summed E-state index contributed by atoms with van der Waals surface area (Å²) in [6.45, 7) is 2.98. The number of anilines is 1. The third-order valence-electron chi connectivity index (χ3n) is 4.73. The van der Waals surface area contributed by atoms with Gasteiger partial charge in [-0.1, -0.05) is 31.2 Å². The molecule has 2 aromatic heterocycles. The first kappa shape index (κ1) is 19.8. The van der Waals surface area contributed by atoms with E-state index in [1.807, 2.05) is 24.3 Å². The van der Waals surface area contributed by atoms with Gasteiger partial charge >= 0.3 is 5.97 Å². The zero-order valence-electron chi connectivity index (χ0n) is 16.7. The summed E-state index contributed by atoms with van der Waals surface area (Å²) in [7, 11) is 1.31. The van der Waals surface area contributed by atoms with Gasteiger partial charge in [-0.15, -0.1) is 11.3 Å². The molecular formula is C23H21N3O3S. The standard InChI is InChI=1S/C23H21N3O3S/c1-3-14-26-18-11-7-6-10-17(18)24-21(26)19-12-13-20(30-19)22(27)25-16-9-5-4-8-15(16)23(28)29-2/h4-13H,3,14H2,1-2H3,(H,25,27). The molecule has 30 heavy (non-hydrogen) atoms. The molecule has 0 radical (unpaired) electrons. The lowest BCUT2D eigenvalue weighted by atomic mass is 10.2. The summed E-state index contributed by atoms with van der Waals surface area (Å²) in [5, 5.41) is 2.82. The number of hydrogen-bond donors (Lipinski definition) is 1. The van der Waals surface area contributed by atoms with Crippen LogP contribution in [0, 0.1) is 0 Å². The van der Waals surface area contributed by atoms with Crippen molar-refractivity contribution in [1.29, 1.82) is 0 Å². The number of rotatable bonds is 6. The van der Waals surface area contributed by atoms with Crippen LogP contribution in [0.15, 0.2) is 60.7 Å². The molecule has 1 amide bonds. The van der Waals surface area contributed by atoms with Crippen LogP contribution < -0.4 is 5.32 Å². The Morgan fingerprint density at radius 3 is 2.63 bits per heavy atom. The Balaban J connectivity index is 1.64. The van der Waals surface area contributed by atoms with Crippen LogP contribution in [0.4, 0.5) is 5.69 Å². The van der Waals surface area contributed by atoms with E-state index in [-0.39, 0.29) is 5.91 Å². The van der Waals surface area contributed by atoms with E-state index in [9.17, 15) is 9.59 Å². The van der Waals surface area contributed by atoms with Crippen molar-refractivity contribution >= 4 is 39.9 Å². The fourth-order valence-electron chi connectivity index (χ4n) is 3.36. The van der Waals surface area contributed by atoms with Gasteiger partial charge in [0.15, 0.2) is 5.82 Å². The number of esters is 1. The molecule has 0 bridgehead atoms. The lowest BCUT2D eigenvalue weighted by molar-refractivity contribution is 0.0602. The van der Waals surface area contributed by atoms with E-state index >= 15 is 0 Å². The number of benzene rings is 2. The fraction of sp³-hybridized carbons (Fsp3) is 0.174. The summed E-state index contributed by atoms with van der Waals surface area (Å²) < 4.78 is 6.98. The van der Waals surface area contributed by atoms with Crippen molar-refractivity contribution in [1.82, 2.24) is 9.55 Å². The van der Waals surface area contributed by atoms with Crippen molar-refractivity contribution in [3.05, 3.63) is 71.1 Å². The minimum absolute atomic E-state index is 0.277. The SMILES string of the molecule is CCCn1c(-c2ccc(C(=O)Nc3ccccc3C(=O)OC)s2)nc2ccccc21. The lowest BCUT2D eigenvalue weighted by Crippen LogP contribution is -2.14. The van der Waals surface area contributed by atoms with Crippen LogP contribution in [-0.2, 0) is 11.3 Å². The Hall–Kier alpha value is -3.45. The first-order valence-electron chi connectivity index (χ1n) is 9.66. The molecule has 0 fully saturated rings. The molecule has 0 saturated carbocycles. The van der Waals surface area contributed by atoms with Crippen molar-refractivity contribution in [2.75, 3.05) is 12.4 Å². The predicted molar refractivity (Wildman–Crippen MR) is 119 cm³/mol. The second-order valence-electron chi connectivity index (χ2n) is 6.73. The number of para-hydroxylation sites is 3. The number of ether oxygens (including phenoxy) is 1. The number of imidazole rings is 1. The molecule has 0 atom stereocenters. The number of methoxy groups -OCH3 is 1. The van der Waals surface area contributed by atoms with E-state index in [2.05, 4.69) is 22.9 Å². The average molecular weight is 420 g/mol. The first-order chi connectivity index (χ1) is 14.6. The molecule has 152 valence electrons. The summed E-state index contributed by atoms with van der Waals surface area (Å²) in [5.41, 5.74) is 2.76. The molecule has 0 aliphatic rings. The van der Waals surface area contributed by atoms with Crippen LogP contribution >= 0.6 is 11.3 Å². The maximum Gasteiger partial charge on any atom is 0.339 e. The van der Waals surface area contributed by atoms with Crippen LogP contribution in [-0.4, -0.2) is 28.5 Å². The summed E-state index contributed by atoms with van der Waals surface area (Å²) in [5.74, 6) is 0.0869. The number of nitrogens with zero attached hydrogens (tertiary/aromatic N) is 2. The topological polar surface area (TPSA) is 73.2 Å². The molecule has 2 heterocycles. The molecule has 2 aromatic carbocycles. The van der Waals surface area contributed by atoms with Gasteiger partial charge in [-0.25, -0.2) is 9.78 Å². The van der Waals surface area contributed by atoms with Gasteiger partial charge in [0.05, 0.1) is 39.1 Å². The number of thiophene rings is 1. The average Bonchev–Trinajstić information content (AvgIpc) is 3.39. The molecule has 7 heteroatoms. The second-order valence-corrected chi connectivity index (χ2v) is 7.81. The maximum atomic E-state index is 12.8. The summed E-state index contributed by atoms with van der Waals surface area (Å²) >= 11 is 1.38. The van der Waals surface area contributed by atoms with Crippen LogP contribution in [0.5, 0.6) is 0 Å². The summed E-state index contributed by atoms with van der Waals surface area (Å²) in [6, 6.07) is 18.5.